The Morgan fingerprint density at radius 2 is 1.88 bits per heavy atom. The quantitative estimate of drug-likeness (QED) is 0.864. The molecule has 0 heterocycles. The number of carboxylic acid groups (broad SMARTS) is 1. The van der Waals surface area contributed by atoms with Crippen molar-refractivity contribution in [2.24, 2.45) is 0 Å². The second-order valence-corrected chi connectivity index (χ2v) is 3.45. The summed E-state index contributed by atoms with van der Waals surface area (Å²) in [4.78, 5) is 10.7. The highest BCUT2D eigenvalue weighted by Gasteiger charge is 2.12. The Bertz CT molecular complexity index is 379. The van der Waals surface area contributed by atoms with Crippen LogP contribution < -0.4 is 4.74 Å². The van der Waals surface area contributed by atoms with Gasteiger partial charge in [0.05, 0.1) is 5.56 Å². The van der Waals surface area contributed by atoms with Gasteiger partial charge in [-0.25, -0.2) is 13.6 Å². The fraction of sp³-hybridized carbons (Fsp3) is 0.364. The summed E-state index contributed by atoms with van der Waals surface area (Å²) >= 11 is 0. The number of carboxylic acids is 1. The van der Waals surface area contributed by atoms with Gasteiger partial charge in [0.15, 0.2) is 0 Å². The number of carbonyl (C=O) groups is 1. The Morgan fingerprint density at radius 3 is 2.25 bits per heavy atom. The molecule has 0 fully saturated rings. The SMILES string of the molecule is Cc1cc(C(=O)O)cc(C)c1OCC(F)F. The first-order valence-electron chi connectivity index (χ1n) is 4.67. The first-order valence-corrected chi connectivity index (χ1v) is 4.67. The summed E-state index contributed by atoms with van der Waals surface area (Å²) < 4.78 is 28.9. The second kappa shape index (κ2) is 4.92. The number of hydrogen-bond donors (Lipinski definition) is 1. The monoisotopic (exact) mass is 230 g/mol. The highest BCUT2D eigenvalue weighted by atomic mass is 19.3. The first kappa shape index (κ1) is 12.4. The standard InChI is InChI=1S/C11H12F2O3/c1-6-3-8(11(14)15)4-7(2)10(6)16-5-9(12)13/h3-4,9H,5H2,1-2H3,(H,14,15). The van der Waals surface area contributed by atoms with Crippen LogP contribution in [0.5, 0.6) is 5.75 Å². The third-order valence-electron chi connectivity index (χ3n) is 2.06. The van der Waals surface area contributed by atoms with E-state index < -0.39 is 19.0 Å². The molecule has 0 spiro atoms. The Labute approximate surface area is 91.7 Å². The highest BCUT2D eigenvalue weighted by Crippen LogP contribution is 2.25. The van der Waals surface area contributed by atoms with Crippen LogP contribution in [0, 0.1) is 13.8 Å². The van der Waals surface area contributed by atoms with Gasteiger partial charge in [-0.2, -0.15) is 0 Å². The molecule has 0 radical (unpaired) electrons. The predicted octanol–water partition coefficient (Wildman–Crippen LogP) is 2.65. The van der Waals surface area contributed by atoms with E-state index in [0.717, 1.165) is 0 Å². The fourth-order valence-electron chi connectivity index (χ4n) is 1.45. The number of ether oxygens (including phenoxy) is 1. The number of hydrogen-bond acceptors (Lipinski definition) is 2. The minimum absolute atomic E-state index is 0.124. The molecule has 1 aromatic carbocycles. The average molecular weight is 230 g/mol. The molecule has 3 nitrogen and oxygen atoms in total. The summed E-state index contributed by atoms with van der Waals surface area (Å²) in [7, 11) is 0. The predicted molar refractivity (Wildman–Crippen MR) is 54.4 cm³/mol. The molecule has 0 unspecified atom stereocenters. The molecule has 0 atom stereocenters. The normalized spacial score (nSPS) is 10.6. The van der Waals surface area contributed by atoms with Crippen molar-refractivity contribution in [3.8, 4) is 5.75 Å². The van der Waals surface area contributed by atoms with Gasteiger partial charge in [0, 0.05) is 0 Å². The van der Waals surface area contributed by atoms with Gasteiger partial charge < -0.3 is 9.84 Å². The summed E-state index contributed by atoms with van der Waals surface area (Å²) in [6.45, 7) is 2.56. The molecule has 16 heavy (non-hydrogen) atoms. The van der Waals surface area contributed by atoms with Crippen molar-refractivity contribution < 1.29 is 23.4 Å². The lowest BCUT2D eigenvalue weighted by atomic mass is 10.1. The summed E-state index contributed by atoms with van der Waals surface area (Å²) in [5, 5.41) is 8.78. The van der Waals surface area contributed by atoms with Crippen molar-refractivity contribution in [3.05, 3.63) is 28.8 Å². The molecule has 5 heteroatoms. The molecule has 0 saturated heterocycles. The van der Waals surface area contributed by atoms with E-state index in [-0.39, 0.29) is 5.56 Å². The van der Waals surface area contributed by atoms with E-state index >= 15 is 0 Å². The largest absolute Gasteiger partial charge is 0.487 e. The maximum absolute atomic E-state index is 12.0. The van der Waals surface area contributed by atoms with Gasteiger partial charge in [0.2, 0.25) is 0 Å². The molecule has 0 saturated carbocycles. The molecule has 1 aromatic rings. The van der Waals surface area contributed by atoms with E-state index in [1.54, 1.807) is 13.8 Å². The van der Waals surface area contributed by atoms with Crippen LogP contribution in [0.1, 0.15) is 21.5 Å². The molecule has 1 N–H and O–H groups in total. The Morgan fingerprint density at radius 1 is 1.38 bits per heavy atom. The van der Waals surface area contributed by atoms with E-state index in [1.165, 1.54) is 12.1 Å². The Kier molecular flexibility index (Phi) is 3.82. The summed E-state index contributed by atoms with van der Waals surface area (Å²) in [6, 6.07) is 2.80. The Balaban J connectivity index is 2.98. The van der Waals surface area contributed by atoms with Crippen molar-refractivity contribution in [1.29, 1.82) is 0 Å². The van der Waals surface area contributed by atoms with Gasteiger partial charge in [-0.05, 0) is 37.1 Å². The van der Waals surface area contributed by atoms with Crippen LogP contribution in [0.25, 0.3) is 0 Å². The molecule has 88 valence electrons. The van der Waals surface area contributed by atoms with E-state index in [0.29, 0.717) is 16.9 Å². The van der Waals surface area contributed by atoms with Gasteiger partial charge >= 0.3 is 5.97 Å². The van der Waals surface area contributed by atoms with Crippen LogP contribution in [0.4, 0.5) is 8.78 Å². The maximum atomic E-state index is 12.0. The van der Waals surface area contributed by atoms with Crippen LogP contribution in [-0.2, 0) is 0 Å². The topological polar surface area (TPSA) is 46.5 Å². The first-order chi connectivity index (χ1) is 7.41. The molecule has 0 aromatic heterocycles. The van der Waals surface area contributed by atoms with E-state index in [2.05, 4.69) is 0 Å². The van der Waals surface area contributed by atoms with Gasteiger partial charge in [-0.3, -0.25) is 0 Å². The summed E-state index contributed by atoms with van der Waals surface area (Å²) in [5.74, 6) is -0.725. The van der Waals surface area contributed by atoms with Gasteiger partial charge in [-0.1, -0.05) is 0 Å². The second-order valence-electron chi connectivity index (χ2n) is 3.45. The minimum atomic E-state index is -2.54. The zero-order chi connectivity index (χ0) is 12.3. The lowest BCUT2D eigenvalue weighted by molar-refractivity contribution is 0.0694. The van der Waals surface area contributed by atoms with Gasteiger partial charge in [0.1, 0.15) is 12.4 Å². The van der Waals surface area contributed by atoms with Crippen LogP contribution >= 0.6 is 0 Å². The molecule has 0 aliphatic rings. The number of alkyl halides is 2. The van der Waals surface area contributed by atoms with E-state index in [1.807, 2.05) is 0 Å². The minimum Gasteiger partial charge on any atom is -0.487 e. The average Bonchev–Trinajstić information content (AvgIpc) is 2.15. The molecule has 1 rings (SSSR count). The smallest absolute Gasteiger partial charge is 0.335 e. The summed E-state index contributed by atoms with van der Waals surface area (Å²) in [5.41, 5.74) is 1.20. The number of benzene rings is 1. The Hall–Kier alpha value is -1.65. The van der Waals surface area contributed by atoms with E-state index in [9.17, 15) is 13.6 Å². The number of halogens is 2. The molecule has 0 aliphatic heterocycles. The molecular formula is C11H12F2O3. The molecule has 0 aliphatic carbocycles. The third kappa shape index (κ3) is 2.92. The van der Waals surface area contributed by atoms with Crippen LogP contribution in [0.2, 0.25) is 0 Å². The lowest BCUT2D eigenvalue weighted by Gasteiger charge is -2.12. The van der Waals surface area contributed by atoms with E-state index in [4.69, 9.17) is 9.84 Å². The van der Waals surface area contributed by atoms with Crippen molar-refractivity contribution >= 4 is 5.97 Å². The van der Waals surface area contributed by atoms with Gasteiger partial charge in [-0.15, -0.1) is 0 Å². The molecule has 0 amide bonds. The number of aromatic carboxylic acids is 1. The van der Waals surface area contributed by atoms with Crippen molar-refractivity contribution in [1.82, 2.24) is 0 Å². The number of aryl methyl sites for hydroxylation is 2. The molecule has 0 bridgehead atoms. The number of rotatable bonds is 4. The third-order valence-corrected chi connectivity index (χ3v) is 2.06. The highest BCUT2D eigenvalue weighted by molar-refractivity contribution is 5.88. The molecular weight excluding hydrogens is 218 g/mol. The zero-order valence-corrected chi connectivity index (χ0v) is 8.96. The van der Waals surface area contributed by atoms with Crippen molar-refractivity contribution in [2.75, 3.05) is 6.61 Å². The zero-order valence-electron chi connectivity index (χ0n) is 8.96. The fourth-order valence-corrected chi connectivity index (χ4v) is 1.45. The van der Waals surface area contributed by atoms with Crippen molar-refractivity contribution in [3.63, 3.8) is 0 Å². The van der Waals surface area contributed by atoms with Crippen molar-refractivity contribution in [2.45, 2.75) is 20.3 Å². The maximum Gasteiger partial charge on any atom is 0.335 e. The van der Waals surface area contributed by atoms with Gasteiger partial charge in [0.25, 0.3) is 6.43 Å². The van der Waals surface area contributed by atoms with Crippen LogP contribution in [0.15, 0.2) is 12.1 Å². The van der Waals surface area contributed by atoms with Crippen LogP contribution in [0.3, 0.4) is 0 Å². The van der Waals surface area contributed by atoms with Crippen LogP contribution in [-0.4, -0.2) is 24.1 Å². The summed E-state index contributed by atoms with van der Waals surface area (Å²) in [6.07, 6.45) is -2.54. The lowest BCUT2D eigenvalue weighted by Crippen LogP contribution is -2.09.